The maximum atomic E-state index is 14.0. The molecule has 0 bridgehead atoms. The summed E-state index contributed by atoms with van der Waals surface area (Å²) in [5.74, 6) is 3.45. The van der Waals surface area contributed by atoms with Crippen LogP contribution < -0.4 is 15.4 Å². The Morgan fingerprint density at radius 2 is 0.792 bits per heavy atom. The Hall–Kier alpha value is -4.28. The fraction of sp³-hybridized carbons (Fsp3) is 0.612. The van der Waals surface area contributed by atoms with Crippen LogP contribution in [0.3, 0.4) is 0 Å². The van der Waals surface area contributed by atoms with Crippen molar-refractivity contribution in [2.75, 3.05) is 29.2 Å². The number of phenolic OH excluding ortho intramolecular Hbond substituents is 3. The third kappa shape index (κ3) is 22.1. The van der Waals surface area contributed by atoms with Crippen molar-refractivity contribution in [3.8, 4) is 23.0 Å². The van der Waals surface area contributed by atoms with Crippen LogP contribution >= 0.6 is 23.5 Å². The van der Waals surface area contributed by atoms with Crippen LogP contribution in [0.15, 0.2) is 48.5 Å². The number of nitrogens with one attached hydrogen (secondary N) is 2. The number of amides is 2. The Morgan fingerprint density at radius 3 is 1.12 bits per heavy atom. The molecule has 2 amide bonds. The van der Waals surface area contributed by atoms with E-state index in [-0.39, 0.29) is 33.6 Å². The predicted molar refractivity (Wildman–Crippen MR) is 334 cm³/mol. The van der Waals surface area contributed by atoms with Gasteiger partial charge in [0, 0.05) is 11.4 Å². The van der Waals surface area contributed by atoms with Gasteiger partial charge in [0.05, 0.1) is 7.11 Å². The molecule has 10 heteroatoms. The highest BCUT2D eigenvalue weighted by atomic mass is 32.2. The van der Waals surface area contributed by atoms with E-state index in [0.29, 0.717) is 11.5 Å². The summed E-state index contributed by atoms with van der Waals surface area (Å²) in [6, 6.07) is 15.6. The summed E-state index contributed by atoms with van der Waals surface area (Å²) in [4.78, 5) is 27.5. The molecule has 0 fully saturated rings. The van der Waals surface area contributed by atoms with Crippen molar-refractivity contribution in [2.24, 2.45) is 0 Å². The van der Waals surface area contributed by atoms with Gasteiger partial charge >= 0.3 is 0 Å². The van der Waals surface area contributed by atoms with E-state index in [0.717, 1.165) is 97.1 Å². The predicted octanol–water partition coefficient (Wildman–Crippen LogP) is 19.6. The smallest absolute Gasteiger partial charge is 0.242 e. The van der Waals surface area contributed by atoms with E-state index >= 15 is 0 Å². The Morgan fingerprint density at radius 1 is 0.468 bits per heavy atom. The number of phenols is 3. The van der Waals surface area contributed by atoms with Crippen molar-refractivity contribution in [3.63, 3.8) is 0 Å². The van der Waals surface area contributed by atoms with Crippen LogP contribution in [-0.2, 0) is 20.4 Å². The Kier molecular flexibility index (Phi) is 29.6. The number of rotatable bonds is 31. The molecular weight excluding hydrogens is 993 g/mol. The molecule has 4 aromatic carbocycles. The topological polar surface area (TPSA) is 128 Å². The van der Waals surface area contributed by atoms with Crippen molar-refractivity contribution in [1.82, 2.24) is 0 Å². The fourth-order valence-electron chi connectivity index (χ4n) is 9.75. The number of benzene rings is 4. The fourth-order valence-corrected chi connectivity index (χ4v) is 12.1. The first-order chi connectivity index (χ1) is 36.5. The van der Waals surface area contributed by atoms with E-state index in [1.54, 1.807) is 30.6 Å². The average molecular weight is 1100 g/mol. The first-order valence-electron chi connectivity index (χ1n) is 29.4. The monoisotopic (exact) mass is 1100 g/mol. The first kappa shape index (κ1) is 67.0. The summed E-state index contributed by atoms with van der Waals surface area (Å²) in [5.41, 5.74) is 9.49. The molecule has 2 atom stereocenters. The van der Waals surface area contributed by atoms with Crippen molar-refractivity contribution >= 4 is 46.7 Å². The lowest BCUT2D eigenvalue weighted by molar-refractivity contribution is -0.116. The van der Waals surface area contributed by atoms with Crippen molar-refractivity contribution < 1.29 is 29.6 Å². The van der Waals surface area contributed by atoms with Gasteiger partial charge in [-0.05, 0) is 169 Å². The maximum Gasteiger partial charge on any atom is 0.242 e. The van der Waals surface area contributed by atoms with E-state index < -0.39 is 5.25 Å². The third-order valence-electron chi connectivity index (χ3n) is 15.1. The van der Waals surface area contributed by atoms with Gasteiger partial charge in [-0.1, -0.05) is 183 Å². The second kappa shape index (κ2) is 34.0. The zero-order valence-electron chi connectivity index (χ0n) is 50.7. The number of hydrogen-bond acceptors (Lipinski definition) is 8. The summed E-state index contributed by atoms with van der Waals surface area (Å²) >= 11 is 3.41. The van der Waals surface area contributed by atoms with Crippen molar-refractivity contribution in [1.29, 1.82) is 0 Å². The average Bonchev–Trinajstić information content (AvgIpc) is 3.39. The van der Waals surface area contributed by atoms with Crippen molar-refractivity contribution in [2.45, 2.75) is 247 Å². The lowest BCUT2D eigenvalue weighted by Gasteiger charge is -2.30. The van der Waals surface area contributed by atoms with Crippen LogP contribution in [0.4, 0.5) is 11.4 Å². The standard InChI is InChI=1S/C37H59NO3S.C30H45NO3S/c1-11-12-13-14-15-16-17-18-19-20-21-42-34(35(41)38-31-22-25(2)32(39)27(4)26(31)3)28-23-29(36(5,6)7)33(40)30(24-28)37(8,9)10;1-6-7-8-9-10-11-12-13-14-15-20-35-29(25-16-18-26(34-5)19-17-25)30(33)31-27-21-22(2)28(32)24(4)23(27)3/h22-24,34,39-40H,11-21H2,1-10H3,(H,38,41);16-19,21,29,32H,6-15,20H2,1-5H3,(H,31,33). The minimum Gasteiger partial charge on any atom is -0.507 e. The SMILES string of the molecule is CCCCCCCCCCCCSC(C(=O)Nc1cc(C)c(O)c(C)c1C)c1cc(C(C)(C)C)c(O)c(C(C)(C)C)c1.CCCCCCCCCCCCSC(C(=O)Nc1cc(C)c(O)c(C)c1C)c1ccc(OC)cc1. The number of unbranched alkanes of at least 4 members (excludes halogenated alkanes) is 18. The minimum absolute atomic E-state index is 0.0279. The minimum atomic E-state index is -0.416. The van der Waals surface area contributed by atoms with Gasteiger partial charge < -0.3 is 30.7 Å². The van der Waals surface area contributed by atoms with Crippen molar-refractivity contribution in [3.05, 3.63) is 104 Å². The second-order valence-corrected chi connectivity index (χ2v) is 26.2. The van der Waals surface area contributed by atoms with Gasteiger partial charge in [0.25, 0.3) is 0 Å². The maximum absolute atomic E-state index is 14.0. The molecule has 8 nitrogen and oxygen atoms in total. The molecule has 0 aliphatic heterocycles. The Labute approximate surface area is 476 Å². The van der Waals surface area contributed by atoms with Gasteiger partial charge in [-0.3, -0.25) is 9.59 Å². The van der Waals surface area contributed by atoms with E-state index in [1.807, 2.05) is 90.1 Å². The zero-order chi connectivity index (χ0) is 57.3. The van der Waals surface area contributed by atoms with Gasteiger partial charge in [0.1, 0.15) is 33.5 Å². The summed E-state index contributed by atoms with van der Waals surface area (Å²) in [5, 5.41) is 37.6. The van der Waals surface area contributed by atoms with Crippen LogP contribution in [0.25, 0.3) is 0 Å². The van der Waals surface area contributed by atoms with Gasteiger partial charge in [0.2, 0.25) is 11.8 Å². The van der Waals surface area contributed by atoms with E-state index in [2.05, 4.69) is 66.0 Å². The molecule has 2 unspecified atom stereocenters. The normalized spacial score (nSPS) is 12.5. The molecule has 430 valence electrons. The molecule has 5 N–H and O–H groups in total. The summed E-state index contributed by atoms with van der Waals surface area (Å²) in [6.07, 6.45) is 25.9. The largest absolute Gasteiger partial charge is 0.507 e. The molecular formula is C67H104N2O6S2. The molecule has 0 heterocycles. The lowest BCUT2D eigenvalue weighted by atomic mass is 9.78. The Balaban J connectivity index is 0.000000412. The van der Waals surface area contributed by atoms with E-state index in [1.165, 1.54) is 116 Å². The molecule has 0 aliphatic rings. The zero-order valence-corrected chi connectivity index (χ0v) is 52.3. The van der Waals surface area contributed by atoms with Crippen LogP contribution in [0.1, 0.15) is 250 Å². The van der Waals surface area contributed by atoms with E-state index in [4.69, 9.17) is 4.74 Å². The third-order valence-corrected chi connectivity index (χ3v) is 17.8. The summed E-state index contributed by atoms with van der Waals surface area (Å²) in [7, 11) is 1.65. The number of carbonyl (C=O) groups excluding carboxylic acids is 2. The summed E-state index contributed by atoms with van der Waals surface area (Å²) < 4.78 is 5.30. The Bertz CT molecular complexity index is 2380. The number of ether oxygens (including phenoxy) is 1. The van der Waals surface area contributed by atoms with Gasteiger partial charge in [0.15, 0.2) is 0 Å². The van der Waals surface area contributed by atoms with Crippen LogP contribution in [-0.4, -0.2) is 45.7 Å². The van der Waals surface area contributed by atoms with Gasteiger partial charge in [-0.15, -0.1) is 23.5 Å². The molecule has 4 rings (SSSR count). The first-order valence-corrected chi connectivity index (χ1v) is 31.5. The number of hydrogen-bond donors (Lipinski definition) is 5. The van der Waals surface area contributed by atoms with Gasteiger partial charge in [-0.25, -0.2) is 0 Å². The van der Waals surface area contributed by atoms with Crippen LogP contribution in [0, 0.1) is 41.5 Å². The number of thioether (sulfide) groups is 2. The molecule has 4 aromatic rings. The van der Waals surface area contributed by atoms with Crippen LogP contribution in [0.5, 0.6) is 23.0 Å². The lowest BCUT2D eigenvalue weighted by Crippen LogP contribution is -2.23. The summed E-state index contributed by atoms with van der Waals surface area (Å²) in [6.45, 7) is 28.5. The molecule has 0 spiro atoms. The number of aryl methyl sites for hydroxylation is 2. The molecule has 0 aliphatic carbocycles. The number of aromatic hydroxyl groups is 3. The number of anilines is 2. The molecule has 0 saturated heterocycles. The second-order valence-electron chi connectivity index (χ2n) is 23.8. The van der Waals surface area contributed by atoms with E-state index in [9.17, 15) is 24.9 Å². The number of methoxy groups -OCH3 is 1. The molecule has 0 aromatic heterocycles. The highest BCUT2D eigenvalue weighted by Crippen LogP contribution is 2.44. The van der Waals surface area contributed by atoms with Crippen LogP contribution in [0.2, 0.25) is 0 Å². The molecule has 77 heavy (non-hydrogen) atoms. The molecule has 0 saturated carbocycles. The number of carbonyl (C=O) groups is 2. The van der Waals surface area contributed by atoms with Gasteiger partial charge in [-0.2, -0.15) is 0 Å². The highest BCUT2D eigenvalue weighted by molar-refractivity contribution is 8.00. The highest BCUT2D eigenvalue weighted by Gasteiger charge is 2.31. The quantitative estimate of drug-likeness (QED) is 0.0249. The molecule has 0 radical (unpaired) electrons.